The Kier molecular flexibility index (Phi) is 3.44. The number of nitrogens with zero attached hydrogens (tertiary/aromatic N) is 1. The van der Waals surface area contributed by atoms with E-state index in [4.69, 9.17) is 4.74 Å². The molecule has 1 saturated carbocycles. The molecule has 0 spiro atoms. The number of fused-ring (bicyclic) bond motifs is 1. The molecule has 3 rings (SSSR count). The third-order valence-corrected chi connectivity index (χ3v) is 4.33. The normalized spacial score (nSPS) is 27.1. The fourth-order valence-electron chi connectivity index (χ4n) is 3.29. The summed E-state index contributed by atoms with van der Waals surface area (Å²) in [6, 6.07) is 10.9. The van der Waals surface area contributed by atoms with Gasteiger partial charge in [0, 0.05) is 18.0 Å². The lowest BCUT2D eigenvalue weighted by Gasteiger charge is -2.38. The van der Waals surface area contributed by atoms with Crippen molar-refractivity contribution in [2.75, 3.05) is 6.61 Å². The fraction of sp³-hybridized carbons (Fsp3) is 0.562. The van der Waals surface area contributed by atoms with Crippen molar-refractivity contribution >= 4 is 0 Å². The van der Waals surface area contributed by atoms with Crippen molar-refractivity contribution in [2.24, 2.45) is 0 Å². The number of nitriles is 1. The van der Waals surface area contributed by atoms with Crippen LogP contribution in [0.1, 0.15) is 44.1 Å². The summed E-state index contributed by atoms with van der Waals surface area (Å²) >= 11 is 0. The Labute approximate surface area is 114 Å². The zero-order valence-electron chi connectivity index (χ0n) is 11.2. The first kappa shape index (κ1) is 12.5. The summed E-state index contributed by atoms with van der Waals surface area (Å²) in [5.41, 5.74) is 0.450. The zero-order valence-corrected chi connectivity index (χ0v) is 11.2. The molecule has 1 unspecified atom stereocenters. The molecule has 19 heavy (non-hydrogen) atoms. The van der Waals surface area contributed by atoms with Gasteiger partial charge in [0.15, 0.2) is 0 Å². The van der Waals surface area contributed by atoms with Crippen molar-refractivity contribution < 1.29 is 4.74 Å². The summed E-state index contributed by atoms with van der Waals surface area (Å²) in [5, 5.41) is 13.4. The maximum Gasteiger partial charge on any atom is 0.139 e. The van der Waals surface area contributed by atoms with E-state index < -0.39 is 5.54 Å². The number of nitrogens with one attached hydrogen (secondary N) is 1. The van der Waals surface area contributed by atoms with Gasteiger partial charge in [0.1, 0.15) is 11.3 Å². The highest BCUT2D eigenvalue weighted by Gasteiger charge is 2.39. The summed E-state index contributed by atoms with van der Waals surface area (Å²) in [4.78, 5) is 0. The highest BCUT2D eigenvalue weighted by atomic mass is 16.5. The van der Waals surface area contributed by atoms with Gasteiger partial charge in [0.05, 0.1) is 12.7 Å². The second-order valence-electron chi connectivity index (χ2n) is 5.59. The van der Waals surface area contributed by atoms with E-state index in [-0.39, 0.29) is 0 Å². The molecule has 0 aromatic heterocycles. The predicted molar refractivity (Wildman–Crippen MR) is 73.9 cm³/mol. The third kappa shape index (κ3) is 2.33. The van der Waals surface area contributed by atoms with Crippen LogP contribution in [0.4, 0.5) is 0 Å². The van der Waals surface area contributed by atoms with Crippen LogP contribution >= 0.6 is 0 Å². The SMILES string of the molecule is N#CC1(NC2CCCCC2)CCOc2ccccc21. The molecule has 0 bridgehead atoms. The first-order valence-electron chi connectivity index (χ1n) is 7.25. The Morgan fingerprint density at radius 2 is 2.00 bits per heavy atom. The summed E-state index contributed by atoms with van der Waals surface area (Å²) in [6.07, 6.45) is 6.99. The van der Waals surface area contributed by atoms with E-state index in [1.54, 1.807) is 0 Å². The molecular weight excluding hydrogens is 236 g/mol. The van der Waals surface area contributed by atoms with Crippen LogP contribution in [0, 0.1) is 11.3 Å². The second-order valence-corrected chi connectivity index (χ2v) is 5.59. The molecule has 1 atom stereocenters. The first-order valence-corrected chi connectivity index (χ1v) is 7.25. The van der Waals surface area contributed by atoms with E-state index in [1.807, 2.05) is 24.3 Å². The summed E-state index contributed by atoms with van der Waals surface area (Å²) in [7, 11) is 0. The van der Waals surface area contributed by atoms with E-state index in [1.165, 1.54) is 32.1 Å². The van der Waals surface area contributed by atoms with E-state index in [0.29, 0.717) is 12.6 Å². The Morgan fingerprint density at radius 1 is 1.21 bits per heavy atom. The smallest absolute Gasteiger partial charge is 0.139 e. The van der Waals surface area contributed by atoms with Gasteiger partial charge in [-0.25, -0.2) is 0 Å². The average molecular weight is 256 g/mol. The largest absolute Gasteiger partial charge is 0.493 e. The van der Waals surface area contributed by atoms with Crippen LogP contribution in [0.3, 0.4) is 0 Å². The number of para-hydroxylation sites is 1. The Morgan fingerprint density at radius 3 is 2.79 bits per heavy atom. The van der Waals surface area contributed by atoms with Gasteiger partial charge in [-0.05, 0) is 18.9 Å². The molecule has 3 heteroatoms. The molecule has 100 valence electrons. The van der Waals surface area contributed by atoms with E-state index in [9.17, 15) is 5.26 Å². The molecule has 1 fully saturated rings. The lowest BCUT2D eigenvalue weighted by Crippen LogP contribution is -2.50. The molecule has 0 radical (unpaired) electrons. The van der Waals surface area contributed by atoms with Gasteiger partial charge in [-0.15, -0.1) is 0 Å². The number of ether oxygens (including phenoxy) is 1. The van der Waals surface area contributed by atoms with Gasteiger partial charge in [-0.1, -0.05) is 37.5 Å². The average Bonchev–Trinajstić information content (AvgIpc) is 2.49. The highest BCUT2D eigenvalue weighted by Crippen LogP contribution is 2.37. The molecule has 3 nitrogen and oxygen atoms in total. The molecule has 0 amide bonds. The summed E-state index contributed by atoms with van der Waals surface area (Å²) < 4.78 is 5.68. The topological polar surface area (TPSA) is 45.0 Å². The number of rotatable bonds is 2. The Hall–Kier alpha value is -1.53. The molecule has 2 aliphatic rings. The van der Waals surface area contributed by atoms with E-state index >= 15 is 0 Å². The van der Waals surface area contributed by atoms with Gasteiger partial charge in [0.2, 0.25) is 0 Å². The maximum absolute atomic E-state index is 9.75. The quantitative estimate of drug-likeness (QED) is 0.884. The van der Waals surface area contributed by atoms with Crippen LogP contribution in [0.15, 0.2) is 24.3 Å². The molecular formula is C16H20N2O. The van der Waals surface area contributed by atoms with Crippen molar-refractivity contribution in [1.82, 2.24) is 5.32 Å². The van der Waals surface area contributed by atoms with Crippen LogP contribution < -0.4 is 10.1 Å². The van der Waals surface area contributed by atoms with Gasteiger partial charge < -0.3 is 4.74 Å². The second kappa shape index (κ2) is 5.22. The van der Waals surface area contributed by atoms with Crippen molar-refractivity contribution in [3.8, 4) is 11.8 Å². The van der Waals surface area contributed by atoms with Gasteiger partial charge in [-0.2, -0.15) is 5.26 Å². The molecule has 0 saturated heterocycles. The summed E-state index contributed by atoms with van der Waals surface area (Å²) in [6.45, 7) is 0.615. The molecule has 1 aromatic rings. The van der Waals surface area contributed by atoms with Gasteiger partial charge in [-0.3, -0.25) is 5.32 Å². The van der Waals surface area contributed by atoms with Crippen molar-refractivity contribution in [3.05, 3.63) is 29.8 Å². The number of hydrogen-bond donors (Lipinski definition) is 1. The van der Waals surface area contributed by atoms with Crippen LogP contribution in [0.25, 0.3) is 0 Å². The highest BCUT2D eigenvalue weighted by molar-refractivity contribution is 5.44. The van der Waals surface area contributed by atoms with Crippen molar-refractivity contribution in [2.45, 2.75) is 50.1 Å². The van der Waals surface area contributed by atoms with E-state index in [2.05, 4.69) is 11.4 Å². The molecule has 1 heterocycles. The monoisotopic (exact) mass is 256 g/mol. The van der Waals surface area contributed by atoms with Crippen LogP contribution in [-0.2, 0) is 5.54 Å². The Bertz CT molecular complexity index is 488. The zero-order chi connectivity index (χ0) is 13.1. The molecule has 1 N–H and O–H groups in total. The Balaban J connectivity index is 1.89. The van der Waals surface area contributed by atoms with Crippen molar-refractivity contribution in [1.29, 1.82) is 5.26 Å². The van der Waals surface area contributed by atoms with E-state index in [0.717, 1.165) is 17.7 Å². The van der Waals surface area contributed by atoms with Crippen LogP contribution in [0.2, 0.25) is 0 Å². The van der Waals surface area contributed by atoms with Gasteiger partial charge in [0.25, 0.3) is 0 Å². The lowest BCUT2D eigenvalue weighted by molar-refractivity contribution is 0.196. The van der Waals surface area contributed by atoms with Crippen LogP contribution in [-0.4, -0.2) is 12.6 Å². The molecule has 1 aromatic carbocycles. The standard InChI is InChI=1S/C16H20N2O/c17-12-16(18-13-6-2-1-3-7-13)10-11-19-15-9-5-4-8-14(15)16/h4-5,8-9,13,18H,1-3,6-7,10-11H2. The predicted octanol–water partition coefficient (Wildman–Crippen LogP) is 3.11. The summed E-state index contributed by atoms with van der Waals surface area (Å²) in [5.74, 6) is 0.860. The van der Waals surface area contributed by atoms with Gasteiger partial charge >= 0.3 is 0 Å². The first-order chi connectivity index (χ1) is 9.34. The molecule has 1 aliphatic carbocycles. The minimum absolute atomic E-state index is 0.472. The molecule has 1 aliphatic heterocycles. The lowest BCUT2D eigenvalue weighted by atomic mass is 9.83. The van der Waals surface area contributed by atoms with Crippen molar-refractivity contribution in [3.63, 3.8) is 0 Å². The third-order valence-electron chi connectivity index (χ3n) is 4.33. The van der Waals surface area contributed by atoms with Crippen LogP contribution in [0.5, 0.6) is 5.75 Å². The number of hydrogen-bond acceptors (Lipinski definition) is 3. The fourth-order valence-corrected chi connectivity index (χ4v) is 3.29. The minimum atomic E-state index is -0.559. The minimum Gasteiger partial charge on any atom is -0.493 e. The number of benzene rings is 1. The maximum atomic E-state index is 9.75.